The number of nitrogens with zero attached hydrogens (tertiary/aromatic N) is 2. The van der Waals surface area contributed by atoms with Crippen molar-refractivity contribution in [2.24, 2.45) is 12.0 Å². The van der Waals surface area contributed by atoms with E-state index in [9.17, 15) is 0 Å². The third kappa shape index (κ3) is 2.52. The van der Waals surface area contributed by atoms with Crippen molar-refractivity contribution in [3.05, 3.63) is 59.2 Å². The molecule has 0 saturated heterocycles. The number of para-hydroxylation sites is 1. The highest BCUT2D eigenvalue weighted by Gasteiger charge is 2.10. The van der Waals surface area contributed by atoms with Crippen LogP contribution >= 0.6 is 11.6 Å². The first-order valence-electron chi connectivity index (χ1n) is 6.61. The molecule has 0 fully saturated rings. The fourth-order valence-electron chi connectivity index (χ4n) is 2.32. The molecule has 0 aliphatic carbocycles. The summed E-state index contributed by atoms with van der Waals surface area (Å²) < 4.78 is 7.10. The van der Waals surface area contributed by atoms with Gasteiger partial charge in [-0.25, -0.2) is 0 Å². The Morgan fingerprint density at radius 3 is 2.52 bits per heavy atom. The molecule has 0 unspecified atom stereocenters. The van der Waals surface area contributed by atoms with Gasteiger partial charge in [0.1, 0.15) is 10.9 Å². The van der Waals surface area contributed by atoms with Gasteiger partial charge in [-0.1, -0.05) is 29.8 Å². The Morgan fingerprint density at radius 1 is 1.10 bits per heavy atom. The molecule has 0 aliphatic rings. The number of fused-ring (bicyclic) bond motifs is 1. The van der Waals surface area contributed by atoms with E-state index in [2.05, 4.69) is 11.1 Å². The molecule has 2 aromatic carbocycles. The molecule has 1 heterocycles. The van der Waals surface area contributed by atoms with Gasteiger partial charge in [-0.15, -0.1) is 0 Å². The number of aliphatic imine (C=N–C) groups is 1. The van der Waals surface area contributed by atoms with Crippen molar-refractivity contribution in [2.75, 3.05) is 7.11 Å². The van der Waals surface area contributed by atoms with Gasteiger partial charge in [0.05, 0.1) is 12.8 Å². The number of aryl methyl sites for hydroxylation is 1. The summed E-state index contributed by atoms with van der Waals surface area (Å²) in [5.74, 6) is 0.817. The van der Waals surface area contributed by atoms with Crippen molar-refractivity contribution in [1.29, 1.82) is 0 Å². The standard InChI is InChI=1S/C17H15ClN2O/c1-20-16-6-4-3-5-14(16)15(17(20)18)11-19-12-7-9-13(21-2)10-8-12/h3-11H,1-2H3. The molecule has 4 heteroatoms. The molecule has 0 radical (unpaired) electrons. The molecular weight excluding hydrogens is 284 g/mol. The molecule has 0 amide bonds. The van der Waals surface area contributed by atoms with E-state index in [-0.39, 0.29) is 0 Å². The van der Waals surface area contributed by atoms with Crippen LogP contribution in [0, 0.1) is 0 Å². The Hall–Kier alpha value is -2.26. The van der Waals surface area contributed by atoms with E-state index >= 15 is 0 Å². The number of benzene rings is 2. The molecule has 0 atom stereocenters. The summed E-state index contributed by atoms with van der Waals surface area (Å²) in [6.07, 6.45) is 1.81. The van der Waals surface area contributed by atoms with E-state index in [0.29, 0.717) is 5.15 Å². The van der Waals surface area contributed by atoms with E-state index in [1.807, 2.05) is 60.3 Å². The first-order valence-corrected chi connectivity index (χ1v) is 6.99. The lowest BCUT2D eigenvalue weighted by atomic mass is 10.2. The number of methoxy groups -OCH3 is 1. The van der Waals surface area contributed by atoms with Crippen LogP contribution in [-0.4, -0.2) is 17.9 Å². The topological polar surface area (TPSA) is 26.5 Å². The zero-order chi connectivity index (χ0) is 14.8. The number of hydrogen-bond donors (Lipinski definition) is 0. The van der Waals surface area contributed by atoms with Crippen molar-refractivity contribution >= 4 is 34.4 Å². The largest absolute Gasteiger partial charge is 0.497 e. The Bertz CT molecular complexity index is 804. The Labute approximate surface area is 128 Å². The molecular formula is C17H15ClN2O. The van der Waals surface area contributed by atoms with Crippen molar-refractivity contribution in [3.63, 3.8) is 0 Å². The lowest BCUT2D eigenvalue weighted by Crippen LogP contribution is -1.87. The maximum Gasteiger partial charge on any atom is 0.119 e. The Balaban J connectivity index is 2.01. The molecule has 0 bridgehead atoms. The second-order valence-corrected chi connectivity index (χ2v) is 5.09. The molecule has 0 spiro atoms. The maximum atomic E-state index is 6.40. The zero-order valence-electron chi connectivity index (χ0n) is 11.9. The highest BCUT2D eigenvalue weighted by atomic mass is 35.5. The SMILES string of the molecule is COc1ccc(N=Cc2c(Cl)n(C)c3ccccc23)cc1. The van der Waals surface area contributed by atoms with Gasteiger partial charge in [-0.2, -0.15) is 0 Å². The summed E-state index contributed by atoms with van der Waals surface area (Å²) >= 11 is 6.40. The number of hydrogen-bond acceptors (Lipinski definition) is 2. The average Bonchev–Trinajstić information content (AvgIpc) is 2.78. The monoisotopic (exact) mass is 298 g/mol. The van der Waals surface area contributed by atoms with Crippen molar-refractivity contribution in [2.45, 2.75) is 0 Å². The quantitative estimate of drug-likeness (QED) is 0.650. The second kappa shape index (κ2) is 5.62. The number of ether oxygens (including phenoxy) is 1. The number of aromatic nitrogens is 1. The van der Waals surface area contributed by atoms with Gasteiger partial charge < -0.3 is 9.30 Å². The summed E-state index contributed by atoms with van der Waals surface area (Å²) in [6.45, 7) is 0. The summed E-state index contributed by atoms with van der Waals surface area (Å²) in [7, 11) is 3.60. The van der Waals surface area contributed by atoms with Crippen LogP contribution in [0.1, 0.15) is 5.56 Å². The average molecular weight is 299 g/mol. The van der Waals surface area contributed by atoms with Gasteiger partial charge in [0.15, 0.2) is 0 Å². The van der Waals surface area contributed by atoms with Crippen molar-refractivity contribution in [1.82, 2.24) is 4.57 Å². The second-order valence-electron chi connectivity index (χ2n) is 4.74. The molecule has 0 aliphatic heterocycles. The minimum Gasteiger partial charge on any atom is -0.497 e. The predicted molar refractivity (Wildman–Crippen MR) is 88.2 cm³/mol. The van der Waals surface area contributed by atoms with E-state index < -0.39 is 0 Å². The summed E-state index contributed by atoms with van der Waals surface area (Å²) in [4.78, 5) is 4.50. The van der Waals surface area contributed by atoms with Gasteiger partial charge in [0.2, 0.25) is 0 Å². The van der Waals surface area contributed by atoms with Crippen molar-refractivity contribution in [3.8, 4) is 5.75 Å². The minimum atomic E-state index is 0.688. The summed E-state index contributed by atoms with van der Waals surface area (Å²) in [6, 6.07) is 15.7. The Morgan fingerprint density at radius 2 is 1.81 bits per heavy atom. The van der Waals surface area contributed by atoms with Crippen LogP contribution in [-0.2, 0) is 7.05 Å². The first-order chi connectivity index (χ1) is 10.2. The molecule has 0 saturated carbocycles. The molecule has 3 nitrogen and oxygen atoms in total. The minimum absolute atomic E-state index is 0.688. The maximum absolute atomic E-state index is 6.40. The van der Waals surface area contributed by atoms with Gasteiger partial charge in [0, 0.05) is 29.7 Å². The van der Waals surface area contributed by atoms with Crippen LogP contribution in [0.3, 0.4) is 0 Å². The lowest BCUT2D eigenvalue weighted by molar-refractivity contribution is 0.415. The molecule has 3 aromatic rings. The summed E-state index contributed by atoms with van der Waals surface area (Å²) in [5, 5.41) is 1.79. The van der Waals surface area contributed by atoms with E-state index in [1.165, 1.54) is 0 Å². The fraction of sp³-hybridized carbons (Fsp3) is 0.118. The van der Waals surface area contributed by atoms with Crippen molar-refractivity contribution < 1.29 is 4.74 Å². The fourth-order valence-corrected chi connectivity index (χ4v) is 2.56. The third-order valence-corrected chi connectivity index (χ3v) is 3.94. The van der Waals surface area contributed by atoms with E-state index in [0.717, 1.165) is 27.9 Å². The van der Waals surface area contributed by atoms with E-state index in [1.54, 1.807) is 7.11 Å². The lowest BCUT2D eigenvalue weighted by Gasteiger charge is -1.99. The number of rotatable bonds is 3. The zero-order valence-corrected chi connectivity index (χ0v) is 12.6. The third-order valence-electron chi connectivity index (χ3n) is 3.49. The molecule has 21 heavy (non-hydrogen) atoms. The van der Waals surface area contributed by atoms with Gasteiger partial charge in [-0.05, 0) is 30.3 Å². The van der Waals surface area contributed by atoms with Gasteiger partial charge >= 0.3 is 0 Å². The van der Waals surface area contributed by atoms with Crippen LogP contribution in [0.5, 0.6) is 5.75 Å². The normalized spacial score (nSPS) is 11.4. The predicted octanol–water partition coefficient (Wildman–Crippen LogP) is 4.59. The van der Waals surface area contributed by atoms with E-state index in [4.69, 9.17) is 16.3 Å². The smallest absolute Gasteiger partial charge is 0.119 e. The molecule has 3 rings (SSSR count). The van der Waals surface area contributed by atoms with Crippen LogP contribution in [0.2, 0.25) is 5.15 Å². The summed E-state index contributed by atoms with van der Waals surface area (Å²) in [5.41, 5.74) is 2.89. The molecule has 106 valence electrons. The van der Waals surface area contributed by atoms with Crippen LogP contribution in [0.25, 0.3) is 10.9 Å². The molecule has 1 aromatic heterocycles. The first kappa shape index (κ1) is 13.7. The Kier molecular flexibility index (Phi) is 3.67. The van der Waals surface area contributed by atoms with Crippen LogP contribution in [0.4, 0.5) is 5.69 Å². The number of halogens is 1. The van der Waals surface area contributed by atoms with Gasteiger partial charge in [0.25, 0.3) is 0 Å². The molecule has 0 N–H and O–H groups in total. The highest BCUT2D eigenvalue weighted by Crippen LogP contribution is 2.28. The van der Waals surface area contributed by atoms with Gasteiger partial charge in [-0.3, -0.25) is 4.99 Å². The van der Waals surface area contributed by atoms with Crippen LogP contribution < -0.4 is 4.74 Å². The van der Waals surface area contributed by atoms with Crippen LogP contribution in [0.15, 0.2) is 53.5 Å². The highest BCUT2D eigenvalue weighted by molar-refractivity contribution is 6.34.